The van der Waals surface area contributed by atoms with Gasteiger partial charge < -0.3 is 5.32 Å². The van der Waals surface area contributed by atoms with Crippen LogP contribution in [-0.2, 0) is 14.8 Å². The van der Waals surface area contributed by atoms with Gasteiger partial charge >= 0.3 is 0 Å². The Balaban J connectivity index is 1.78. The summed E-state index contributed by atoms with van der Waals surface area (Å²) in [5.74, 6) is 0.331. The van der Waals surface area contributed by atoms with Crippen LogP contribution in [0.2, 0.25) is 0 Å². The van der Waals surface area contributed by atoms with Gasteiger partial charge in [-0.15, -0.1) is 0 Å². The minimum absolute atomic E-state index is 0.0506. The molecule has 3 atom stereocenters. The Hall–Kier alpha value is -0.660. The van der Waals surface area contributed by atoms with Crippen molar-refractivity contribution in [3.8, 4) is 0 Å². The third kappa shape index (κ3) is 2.49. The zero-order valence-corrected chi connectivity index (χ0v) is 13.8. The van der Waals surface area contributed by atoms with E-state index in [0.29, 0.717) is 13.1 Å². The highest BCUT2D eigenvalue weighted by atomic mass is 32.2. The SMILES string of the molecule is CNC(=O)[C@@H]1C[C@H]2CN(S(=O)(=O)C3CC3)C[C@H]2N1C(C)C. The van der Waals surface area contributed by atoms with E-state index in [1.807, 2.05) is 0 Å². The molecular weight excluding hydrogens is 290 g/mol. The van der Waals surface area contributed by atoms with Crippen molar-refractivity contribution in [2.75, 3.05) is 20.1 Å². The average Bonchev–Trinajstić information content (AvgIpc) is 3.10. The highest BCUT2D eigenvalue weighted by Gasteiger charge is 2.53. The van der Waals surface area contributed by atoms with Crippen LogP contribution >= 0.6 is 0 Å². The topological polar surface area (TPSA) is 69.7 Å². The van der Waals surface area contributed by atoms with Crippen molar-refractivity contribution in [3.05, 3.63) is 0 Å². The summed E-state index contributed by atoms with van der Waals surface area (Å²) in [7, 11) is -1.43. The molecule has 0 radical (unpaired) electrons. The van der Waals surface area contributed by atoms with E-state index in [4.69, 9.17) is 0 Å². The van der Waals surface area contributed by atoms with Gasteiger partial charge in [0.05, 0.1) is 11.3 Å². The number of hydrogen-bond acceptors (Lipinski definition) is 4. The van der Waals surface area contributed by atoms with Crippen molar-refractivity contribution in [1.82, 2.24) is 14.5 Å². The summed E-state index contributed by atoms with van der Waals surface area (Å²) in [6.07, 6.45) is 2.38. The number of rotatable bonds is 4. The fourth-order valence-corrected chi connectivity index (χ4v) is 5.87. The Labute approximate surface area is 126 Å². The van der Waals surface area contributed by atoms with Gasteiger partial charge in [-0.1, -0.05) is 0 Å². The molecule has 21 heavy (non-hydrogen) atoms. The minimum Gasteiger partial charge on any atom is -0.358 e. The Morgan fingerprint density at radius 3 is 2.43 bits per heavy atom. The van der Waals surface area contributed by atoms with Crippen molar-refractivity contribution in [1.29, 1.82) is 0 Å². The first kappa shape index (κ1) is 15.2. The van der Waals surface area contributed by atoms with E-state index in [1.165, 1.54) is 0 Å². The number of hydrogen-bond donors (Lipinski definition) is 1. The molecule has 1 amide bonds. The number of nitrogens with one attached hydrogen (secondary N) is 1. The zero-order chi connectivity index (χ0) is 15.4. The first-order valence-corrected chi connectivity index (χ1v) is 9.34. The van der Waals surface area contributed by atoms with E-state index in [0.717, 1.165) is 19.3 Å². The molecule has 7 heteroatoms. The number of carbonyl (C=O) groups excluding carboxylic acids is 1. The zero-order valence-electron chi connectivity index (χ0n) is 12.9. The second-order valence-corrected chi connectivity index (χ2v) is 9.01. The number of sulfonamides is 1. The summed E-state index contributed by atoms with van der Waals surface area (Å²) < 4.78 is 26.5. The standard InChI is InChI=1S/C14H25N3O3S/c1-9(2)17-12(14(18)15-3)6-10-7-16(8-13(10)17)21(19,20)11-4-5-11/h9-13H,4-8H2,1-3H3,(H,15,18)/t10-,12-,13+/m0/s1. The Kier molecular flexibility index (Phi) is 3.78. The van der Waals surface area contributed by atoms with Crippen molar-refractivity contribution in [3.63, 3.8) is 0 Å². The molecule has 0 aromatic heterocycles. The van der Waals surface area contributed by atoms with E-state index < -0.39 is 10.0 Å². The lowest BCUT2D eigenvalue weighted by atomic mass is 10.0. The quantitative estimate of drug-likeness (QED) is 0.793. The van der Waals surface area contributed by atoms with Gasteiger partial charge in [0, 0.05) is 32.2 Å². The number of fused-ring (bicyclic) bond motifs is 1. The number of likely N-dealkylation sites (tertiary alicyclic amines) is 1. The molecule has 3 rings (SSSR count). The summed E-state index contributed by atoms with van der Waals surface area (Å²) >= 11 is 0. The van der Waals surface area contributed by atoms with Gasteiger partial charge in [0.15, 0.2) is 0 Å². The van der Waals surface area contributed by atoms with Crippen LogP contribution in [0, 0.1) is 5.92 Å². The summed E-state index contributed by atoms with van der Waals surface area (Å²) in [5.41, 5.74) is 0. The first-order chi connectivity index (χ1) is 9.86. The summed E-state index contributed by atoms with van der Waals surface area (Å²) in [6, 6.07) is 0.308. The van der Waals surface area contributed by atoms with Gasteiger partial charge in [-0.25, -0.2) is 8.42 Å². The monoisotopic (exact) mass is 315 g/mol. The molecule has 0 unspecified atom stereocenters. The molecule has 0 aromatic carbocycles. The number of likely N-dealkylation sites (N-methyl/N-ethyl adjacent to an activating group) is 1. The summed E-state index contributed by atoms with van der Waals surface area (Å²) in [6.45, 7) is 5.29. The lowest BCUT2D eigenvalue weighted by molar-refractivity contribution is -0.126. The predicted octanol–water partition coefficient (Wildman–Crippen LogP) is 0.00770. The van der Waals surface area contributed by atoms with Crippen molar-refractivity contribution < 1.29 is 13.2 Å². The van der Waals surface area contributed by atoms with Crippen molar-refractivity contribution in [2.24, 2.45) is 5.92 Å². The van der Waals surface area contributed by atoms with Gasteiger partial charge in [-0.05, 0) is 39.0 Å². The van der Waals surface area contributed by atoms with E-state index >= 15 is 0 Å². The van der Waals surface area contributed by atoms with E-state index in [9.17, 15) is 13.2 Å². The maximum absolute atomic E-state index is 12.4. The highest BCUT2D eigenvalue weighted by molar-refractivity contribution is 7.90. The van der Waals surface area contributed by atoms with Gasteiger partial charge in [-0.2, -0.15) is 4.31 Å². The molecule has 1 saturated carbocycles. The van der Waals surface area contributed by atoms with Gasteiger partial charge in [0.25, 0.3) is 0 Å². The fraction of sp³-hybridized carbons (Fsp3) is 0.929. The molecule has 0 spiro atoms. The molecule has 1 aliphatic carbocycles. The van der Waals surface area contributed by atoms with Gasteiger partial charge in [-0.3, -0.25) is 9.69 Å². The van der Waals surface area contributed by atoms with Crippen LogP contribution in [-0.4, -0.2) is 67.0 Å². The predicted molar refractivity (Wildman–Crippen MR) is 80.2 cm³/mol. The fourth-order valence-electron chi connectivity index (χ4n) is 3.96. The molecule has 2 saturated heterocycles. The second-order valence-electron chi connectivity index (χ2n) is 6.80. The van der Waals surface area contributed by atoms with E-state index in [-0.39, 0.29) is 35.2 Å². The molecule has 0 bridgehead atoms. The van der Waals surface area contributed by atoms with Gasteiger partial charge in [0.2, 0.25) is 15.9 Å². The Morgan fingerprint density at radius 1 is 1.24 bits per heavy atom. The van der Waals surface area contributed by atoms with Crippen LogP contribution in [0.3, 0.4) is 0 Å². The average molecular weight is 315 g/mol. The Bertz CT molecular complexity index is 530. The molecular formula is C14H25N3O3S. The number of carbonyl (C=O) groups is 1. The molecule has 3 fully saturated rings. The molecule has 120 valence electrons. The van der Waals surface area contributed by atoms with Crippen LogP contribution in [0.4, 0.5) is 0 Å². The lowest BCUT2D eigenvalue weighted by Crippen LogP contribution is -2.50. The normalized spacial score (nSPS) is 34.4. The first-order valence-electron chi connectivity index (χ1n) is 7.84. The maximum atomic E-state index is 12.4. The number of amides is 1. The van der Waals surface area contributed by atoms with Crippen LogP contribution in [0.1, 0.15) is 33.1 Å². The highest BCUT2D eigenvalue weighted by Crippen LogP contribution is 2.41. The van der Waals surface area contributed by atoms with Crippen LogP contribution in [0.5, 0.6) is 0 Å². The summed E-state index contributed by atoms with van der Waals surface area (Å²) in [5, 5.41) is 2.60. The molecule has 3 aliphatic rings. The lowest BCUT2D eigenvalue weighted by Gasteiger charge is -2.32. The summed E-state index contributed by atoms with van der Waals surface area (Å²) in [4.78, 5) is 14.3. The smallest absolute Gasteiger partial charge is 0.237 e. The van der Waals surface area contributed by atoms with E-state index in [2.05, 4.69) is 24.1 Å². The van der Waals surface area contributed by atoms with Crippen LogP contribution in [0.15, 0.2) is 0 Å². The van der Waals surface area contributed by atoms with Crippen LogP contribution in [0.25, 0.3) is 0 Å². The molecule has 6 nitrogen and oxygen atoms in total. The third-order valence-corrected chi connectivity index (χ3v) is 7.42. The third-order valence-electron chi connectivity index (χ3n) is 5.09. The number of nitrogens with zero attached hydrogens (tertiary/aromatic N) is 2. The van der Waals surface area contributed by atoms with Crippen molar-refractivity contribution >= 4 is 15.9 Å². The second kappa shape index (κ2) is 5.21. The van der Waals surface area contributed by atoms with Crippen molar-refractivity contribution in [2.45, 2.75) is 56.5 Å². The largest absolute Gasteiger partial charge is 0.358 e. The van der Waals surface area contributed by atoms with Crippen LogP contribution < -0.4 is 5.32 Å². The Morgan fingerprint density at radius 2 is 1.90 bits per heavy atom. The molecule has 1 N–H and O–H groups in total. The minimum atomic E-state index is -3.09. The molecule has 2 aliphatic heterocycles. The molecule has 0 aromatic rings. The van der Waals surface area contributed by atoms with E-state index in [1.54, 1.807) is 11.4 Å². The molecule has 2 heterocycles. The van der Waals surface area contributed by atoms with Gasteiger partial charge in [0.1, 0.15) is 0 Å². The maximum Gasteiger partial charge on any atom is 0.237 e.